The van der Waals surface area contributed by atoms with Gasteiger partial charge in [-0.25, -0.2) is 0 Å². The van der Waals surface area contributed by atoms with Crippen molar-refractivity contribution in [2.45, 2.75) is 39.8 Å². The highest BCUT2D eigenvalue weighted by Crippen LogP contribution is 2.47. The van der Waals surface area contributed by atoms with E-state index in [1.54, 1.807) is 14.1 Å². The van der Waals surface area contributed by atoms with Crippen molar-refractivity contribution in [1.82, 2.24) is 24.6 Å². The van der Waals surface area contributed by atoms with E-state index in [0.717, 1.165) is 63.6 Å². The third-order valence-corrected chi connectivity index (χ3v) is 7.32. The fraction of sp³-hybridized carbons (Fsp3) is 0.393. The second-order valence-corrected chi connectivity index (χ2v) is 10.5. The van der Waals surface area contributed by atoms with Gasteiger partial charge in [-0.15, -0.1) is 0 Å². The molecule has 1 aliphatic carbocycles. The molecule has 0 bridgehead atoms. The lowest BCUT2D eigenvalue weighted by Crippen LogP contribution is -2.27. The third kappa shape index (κ3) is 3.31. The minimum absolute atomic E-state index is 0.0134. The first kappa shape index (κ1) is 22.6. The van der Waals surface area contributed by atoms with E-state index in [1.165, 1.54) is 16.0 Å². The molecular weight excluding hydrogens is 454 g/mol. The maximum absolute atomic E-state index is 13.2. The summed E-state index contributed by atoms with van der Waals surface area (Å²) in [5, 5.41) is 9.96. The summed E-state index contributed by atoms with van der Waals surface area (Å²) in [6.07, 6.45) is 3.74. The van der Waals surface area contributed by atoms with Crippen molar-refractivity contribution < 1.29 is 14.3 Å². The molecule has 8 heteroatoms. The Balaban J connectivity index is 1.66. The topological polar surface area (TPSA) is 81.4 Å². The number of hydrogen-bond acceptors (Lipinski definition) is 4. The number of nitrogens with one attached hydrogen (secondary N) is 1. The van der Waals surface area contributed by atoms with Crippen LogP contribution < -0.4 is 10.1 Å². The summed E-state index contributed by atoms with van der Waals surface area (Å²) in [5.74, 6) is 0.987. The average Bonchev–Trinajstić information content (AvgIpc) is 3.50. The van der Waals surface area contributed by atoms with E-state index < -0.39 is 0 Å². The zero-order valence-electron chi connectivity index (χ0n) is 21.4. The standard InChI is InChI=1S/C28H31N5O3/c1-15(2)12-33-22-9-6-16(36-14-23(34)31(3)4)10-18(22)25-19-11-29-28(35)26(19)24-17(27(25)33)7-8-21-20(24)13-32(5)30-21/h6,9-10,13,15H,7-8,11-12,14H2,1-5H3,(H,29,35). The fourth-order valence-electron chi connectivity index (χ4n) is 5.81. The smallest absolute Gasteiger partial charge is 0.259 e. The van der Waals surface area contributed by atoms with E-state index >= 15 is 0 Å². The van der Waals surface area contributed by atoms with Crippen molar-refractivity contribution in [3.05, 3.63) is 46.8 Å². The van der Waals surface area contributed by atoms with Crippen LogP contribution in [0.1, 0.15) is 41.0 Å². The number of fused-ring (bicyclic) bond motifs is 10. The van der Waals surface area contributed by atoms with Gasteiger partial charge in [-0.2, -0.15) is 5.10 Å². The van der Waals surface area contributed by atoms with Crippen molar-refractivity contribution in [2.24, 2.45) is 13.0 Å². The normalized spacial score (nSPS) is 14.2. The summed E-state index contributed by atoms with van der Waals surface area (Å²) in [6.45, 7) is 5.81. The molecule has 1 N–H and O–H groups in total. The van der Waals surface area contributed by atoms with Crippen LogP contribution in [0.5, 0.6) is 5.75 Å². The van der Waals surface area contributed by atoms with Crippen LogP contribution in [0.4, 0.5) is 0 Å². The number of ether oxygens (including phenoxy) is 1. The predicted molar refractivity (Wildman–Crippen MR) is 139 cm³/mol. The van der Waals surface area contributed by atoms with Crippen LogP contribution in [-0.2, 0) is 37.8 Å². The number of amides is 2. The zero-order valence-corrected chi connectivity index (χ0v) is 21.4. The van der Waals surface area contributed by atoms with Crippen LogP contribution in [0.15, 0.2) is 24.4 Å². The van der Waals surface area contributed by atoms with Gasteiger partial charge in [0.05, 0.1) is 16.8 Å². The lowest BCUT2D eigenvalue weighted by molar-refractivity contribution is -0.130. The molecule has 186 valence electrons. The molecule has 1 aliphatic heterocycles. The van der Waals surface area contributed by atoms with Gasteiger partial charge >= 0.3 is 0 Å². The number of carbonyl (C=O) groups excluding carboxylic acids is 2. The van der Waals surface area contributed by atoms with Gasteiger partial charge in [-0.05, 0) is 48.1 Å². The Morgan fingerprint density at radius 3 is 2.75 bits per heavy atom. The minimum Gasteiger partial charge on any atom is -0.484 e. The molecule has 0 unspecified atom stereocenters. The minimum atomic E-state index is -0.0886. The van der Waals surface area contributed by atoms with Crippen LogP contribution in [0.3, 0.4) is 0 Å². The molecule has 2 amide bonds. The van der Waals surface area contributed by atoms with Crippen molar-refractivity contribution in [3.8, 4) is 16.9 Å². The van der Waals surface area contributed by atoms with Gasteiger partial charge in [-0.1, -0.05) is 13.8 Å². The molecule has 0 spiro atoms. The molecule has 8 nitrogen and oxygen atoms in total. The summed E-state index contributed by atoms with van der Waals surface area (Å²) in [7, 11) is 5.38. The summed E-state index contributed by atoms with van der Waals surface area (Å²) >= 11 is 0. The molecule has 0 radical (unpaired) electrons. The summed E-state index contributed by atoms with van der Waals surface area (Å²) in [5.41, 5.74) is 8.55. The fourth-order valence-corrected chi connectivity index (χ4v) is 5.81. The molecule has 4 aromatic rings. The highest BCUT2D eigenvalue weighted by molar-refractivity contribution is 6.19. The van der Waals surface area contributed by atoms with E-state index in [0.29, 0.717) is 18.2 Å². The SMILES string of the molecule is CC(C)Cn1c2ccc(OCC(=O)N(C)C)cc2c2c3c(c4c(c21)CCc1nn(C)cc1-4)C(=O)NC3. The van der Waals surface area contributed by atoms with Crippen LogP contribution in [0.2, 0.25) is 0 Å². The quantitative estimate of drug-likeness (QED) is 0.468. The maximum Gasteiger partial charge on any atom is 0.259 e. The number of nitrogens with zero attached hydrogens (tertiary/aromatic N) is 4. The molecule has 0 saturated carbocycles. The van der Waals surface area contributed by atoms with E-state index in [9.17, 15) is 9.59 Å². The molecule has 2 aliphatic rings. The average molecular weight is 486 g/mol. The largest absolute Gasteiger partial charge is 0.484 e. The lowest BCUT2D eigenvalue weighted by atomic mass is 9.82. The molecular formula is C28H31N5O3. The first-order valence-corrected chi connectivity index (χ1v) is 12.5. The number of aryl methyl sites for hydroxylation is 3. The molecule has 2 aromatic heterocycles. The van der Waals surface area contributed by atoms with Gasteiger partial charge in [0.2, 0.25) is 0 Å². The number of aromatic nitrogens is 3. The van der Waals surface area contributed by atoms with E-state index in [2.05, 4.69) is 34.9 Å². The lowest BCUT2D eigenvalue weighted by Gasteiger charge is -2.22. The Labute approximate surface area is 209 Å². The Morgan fingerprint density at radius 1 is 1.19 bits per heavy atom. The first-order chi connectivity index (χ1) is 17.2. The van der Waals surface area contributed by atoms with Crippen LogP contribution in [-0.4, -0.2) is 51.8 Å². The van der Waals surface area contributed by atoms with Crippen molar-refractivity contribution in [1.29, 1.82) is 0 Å². The van der Waals surface area contributed by atoms with Crippen LogP contribution >= 0.6 is 0 Å². The summed E-state index contributed by atoms with van der Waals surface area (Å²) in [4.78, 5) is 26.9. The Morgan fingerprint density at radius 2 is 2.00 bits per heavy atom. The second kappa shape index (κ2) is 8.11. The molecule has 0 atom stereocenters. The molecule has 0 fully saturated rings. The highest BCUT2D eigenvalue weighted by Gasteiger charge is 2.35. The Hall–Kier alpha value is -3.81. The Bertz CT molecular complexity index is 1570. The van der Waals surface area contributed by atoms with E-state index in [-0.39, 0.29) is 18.4 Å². The number of hydrogen-bond donors (Lipinski definition) is 1. The van der Waals surface area contributed by atoms with E-state index in [1.807, 2.05) is 30.1 Å². The van der Waals surface area contributed by atoms with Gasteiger partial charge in [0.25, 0.3) is 11.8 Å². The van der Waals surface area contributed by atoms with E-state index in [4.69, 9.17) is 4.74 Å². The van der Waals surface area contributed by atoms with Crippen LogP contribution in [0.25, 0.3) is 32.9 Å². The zero-order chi connectivity index (χ0) is 25.3. The molecule has 6 rings (SSSR count). The monoisotopic (exact) mass is 485 g/mol. The van der Waals surface area contributed by atoms with Gasteiger partial charge < -0.3 is 19.5 Å². The summed E-state index contributed by atoms with van der Waals surface area (Å²) in [6, 6.07) is 6.07. The van der Waals surface area contributed by atoms with Crippen LogP contribution in [0, 0.1) is 5.92 Å². The molecule has 2 aromatic carbocycles. The maximum atomic E-state index is 13.2. The van der Waals surface area contributed by atoms with Gasteiger partial charge in [0, 0.05) is 67.8 Å². The predicted octanol–water partition coefficient (Wildman–Crippen LogP) is 3.66. The van der Waals surface area contributed by atoms with Gasteiger partial charge in [0.1, 0.15) is 5.75 Å². The molecule has 3 heterocycles. The number of carbonyl (C=O) groups is 2. The van der Waals surface area contributed by atoms with Crippen molar-refractivity contribution >= 4 is 33.6 Å². The Kier molecular flexibility index (Phi) is 5.10. The third-order valence-electron chi connectivity index (χ3n) is 7.32. The number of rotatable bonds is 5. The highest BCUT2D eigenvalue weighted by atomic mass is 16.5. The number of likely N-dealkylation sites (N-methyl/N-ethyl adjacent to an activating group) is 1. The molecule has 0 saturated heterocycles. The van der Waals surface area contributed by atoms with Crippen molar-refractivity contribution in [2.75, 3.05) is 20.7 Å². The van der Waals surface area contributed by atoms with Crippen molar-refractivity contribution in [3.63, 3.8) is 0 Å². The molecule has 36 heavy (non-hydrogen) atoms. The van der Waals surface area contributed by atoms with Gasteiger partial charge in [0.15, 0.2) is 6.61 Å². The first-order valence-electron chi connectivity index (χ1n) is 12.5. The second-order valence-electron chi connectivity index (χ2n) is 10.5. The number of benzene rings is 2. The summed E-state index contributed by atoms with van der Waals surface area (Å²) < 4.78 is 10.2. The van der Waals surface area contributed by atoms with Gasteiger partial charge in [-0.3, -0.25) is 14.3 Å².